The van der Waals surface area contributed by atoms with Crippen molar-refractivity contribution in [1.82, 2.24) is 9.21 Å². The maximum atomic E-state index is 12.3. The van der Waals surface area contributed by atoms with Crippen LogP contribution in [0.25, 0.3) is 0 Å². The average Bonchev–Trinajstić information content (AvgIpc) is 2.39. The van der Waals surface area contributed by atoms with E-state index in [2.05, 4.69) is 4.90 Å². The number of halogens is 3. The van der Waals surface area contributed by atoms with Gasteiger partial charge in [-0.1, -0.05) is 30.3 Å². The Kier molecular flexibility index (Phi) is 4.72. The van der Waals surface area contributed by atoms with Gasteiger partial charge in [-0.15, -0.1) is 17.5 Å². The SMILES string of the molecule is [O-][S+](N1CCN(Cc2ccccc2)CC1)C(F)(F)F. The van der Waals surface area contributed by atoms with Gasteiger partial charge in [0.25, 0.3) is 0 Å². The molecule has 0 N–H and O–H groups in total. The van der Waals surface area contributed by atoms with E-state index in [0.29, 0.717) is 19.6 Å². The minimum Gasteiger partial charge on any atom is -0.591 e. The molecular weight excluding hydrogens is 277 g/mol. The molecule has 0 aliphatic carbocycles. The highest BCUT2D eigenvalue weighted by molar-refractivity contribution is 7.89. The predicted molar refractivity (Wildman–Crippen MR) is 67.5 cm³/mol. The zero-order valence-corrected chi connectivity index (χ0v) is 11.1. The van der Waals surface area contributed by atoms with E-state index < -0.39 is 16.9 Å². The molecule has 1 heterocycles. The second-order valence-corrected chi connectivity index (χ2v) is 5.86. The number of rotatable bonds is 3. The summed E-state index contributed by atoms with van der Waals surface area (Å²) >= 11 is -2.88. The second-order valence-electron chi connectivity index (χ2n) is 4.39. The van der Waals surface area contributed by atoms with Crippen LogP contribution in [0.2, 0.25) is 0 Å². The van der Waals surface area contributed by atoms with Gasteiger partial charge in [0.15, 0.2) is 11.4 Å². The van der Waals surface area contributed by atoms with Crippen molar-refractivity contribution < 1.29 is 17.7 Å². The lowest BCUT2D eigenvalue weighted by Gasteiger charge is -2.34. The Morgan fingerprint density at radius 3 is 2.16 bits per heavy atom. The quantitative estimate of drug-likeness (QED) is 0.798. The van der Waals surface area contributed by atoms with Gasteiger partial charge in [-0.05, 0) is 5.56 Å². The summed E-state index contributed by atoms with van der Waals surface area (Å²) in [5, 5.41) is 0. The van der Waals surface area contributed by atoms with Crippen molar-refractivity contribution in [2.45, 2.75) is 12.1 Å². The predicted octanol–water partition coefficient (Wildman–Crippen LogP) is 1.99. The smallest absolute Gasteiger partial charge is 0.591 e. The van der Waals surface area contributed by atoms with Crippen molar-refractivity contribution in [3.63, 3.8) is 0 Å². The van der Waals surface area contributed by atoms with E-state index in [1.807, 2.05) is 30.3 Å². The standard InChI is InChI=1S/C12H15F3N2OS/c13-12(14,15)19(18)17-8-6-16(7-9-17)10-11-4-2-1-3-5-11/h1-5H,6-10H2. The molecule has 0 aromatic heterocycles. The van der Waals surface area contributed by atoms with E-state index in [1.54, 1.807) is 0 Å². The van der Waals surface area contributed by atoms with Gasteiger partial charge in [-0.2, -0.15) is 0 Å². The van der Waals surface area contributed by atoms with Crippen molar-refractivity contribution in [2.24, 2.45) is 0 Å². The van der Waals surface area contributed by atoms with Crippen molar-refractivity contribution >= 4 is 11.4 Å². The number of alkyl halides is 3. The zero-order valence-electron chi connectivity index (χ0n) is 10.3. The number of nitrogens with zero attached hydrogens (tertiary/aromatic N) is 2. The first kappa shape index (κ1) is 14.6. The molecule has 0 amide bonds. The molecule has 7 heteroatoms. The Balaban J connectivity index is 1.83. The lowest BCUT2D eigenvalue weighted by atomic mass is 10.2. The minimum absolute atomic E-state index is 0.180. The lowest BCUT2D eigenvalue weighted by Crippen LogP contribution is -2.51. The van der Waals surface area contributed by atoms with E-state index in [4.69, 9.17) is 0 Å². The maximum absolute atomic E-state index is 12.3. The number of hydrogen-bond acceptors (Lipinski definition) is 3. The third-order valence-electron chi connectivity index (χ3n) is 3.01. The molecule has 3 nitrogen and oxygen atoms in total. The molecule has 1 aliphatic heterocycles. The molecule has 1 aromatic rings. The van der Waals surface area contributed by atoms with Gasteiger partial charge in [-0.25, -0.2) is 0 Å². The Morgan fingerprint density at radius 1 is 1.05 bits per heavy atom. The van der Waals surface area contributed by atoms with E-state index in [9.17, 15) is 17.7 Å². The van der Waals surface area contributed by atoms with Crippen molar-refractivity contribution in [3.05, 3.63) is 35.9 Å². The monoisotopic (exact) mass is 292 g/mol. The second kappa shape index (κ2) is 6.13. The summed E-state index contributed by atoms with van der Waals surface area (Å²) in [4.78, 5) is 2.07. The molecule has 1 saturated heterocycles. The van der Waals surface area contributed by atoms with Crippen LogP contribution in [0.5, 0.6) is 0 Å². The molecule has 1 fully saturated rings. The highest BCUT2D eigenvalue weighted by atomic mass is 32.2. The van der Waals surface area contributed by atoms with Gasteiger partial charge in [0.2, 0.25) is 0 Å². The van der Waals surface area contributed by atoms with Gasteiger partial charge >= 0.3 is 5.51 Å². The average molecular weight is 292 g/mol. The summed E-state index contributed by atoms with van der Waals surface area (Å²) in [6.07, 6.45) is 0. The Morgan fingerprint density at radius 2 is 1.63 bits per heavy atom. The van der Waals surface area contributed by atoms with Crippen LogP contribution >= 0.6 is 0 Å². The van der Waals surface area contributed by atoms with Crippen LogP contribution in [0.4, 0.5) is 13.2 Å². The number of benzene rings is 1. The highest BCUT2D eigenvalue weighted by Crippen LogP contribution is 2.27. The minimum atomic E-state index is -4.65. The fraction of sp³-hybridized carbons (Fsp3) is 0.500. The molecule has 1 aliphatic rings. The third-order valence-corrected chi connectivity index (χ3v) is 4.24. The molecule has 1 atom stereocenters. The maximum Gasteiger partial charge on any atom is 0.593 e. The summed E-state index contributed by atoms with van der Waals surface area (Å²) in [6.45, 7) is 2.07. The molecule has 0 saturated carbocycles. The molecule has 19 heavy (non-hydrogen) atoms. The lowest BCUT2D eigenvalue weighted by molar-refractivity contribution is -0.0499. The van der Waals surface area contributed by atoms with Gasteiger partial charge in [0.05, 0.1) is 13.1 Å². The van der Waals surface area contributed by atoms with E-state index in [-0.39, 0.29) is 13.1 Å². The molecule has 106 valence electrons. The molecule has 0 spiro atoms. The van der Waals surface area contributed by atoms with Crippen molar-refractivity contribution in [3.8, 4) is 0 Å². The van der Waals surface area contributed by atoms with Crippen LogP contribution in [-0.4, -0.2) is 45.4 Å². The van der Waals surface area contributed by atoms with Crippen LogP contribution in [0.3, 0.4) is 0 Å². The van der Waals surface area contributed by atoms with Crippen LogP contribution in [0.15, 0.2) is 30.3 Å². The molecule has 0 radical (unpaired) electrons. The molecule has 1 unspecified atom stereocenters. The zero-order chi connectivity index (χ0) is 13.9. The van der Waals surface area contributed by atoms with Crippen LogP contribution in [0, 0.1) is 0 Å². The van der Waals surface area contributed by atoms with Crippen molar-refractivity contribution in [1.29, 1.82) is 0 Å². The molecule has 0 bridgehead atoms. The van der Waals surface area contributed by atoms with Crippen LogP contribution < -0.4 is 0 Å². The first-order valence-electron chi connectivity index (χ1n) is 5.97. The normalized spacial score (nSPS) is 20.4. The van der Waals surface area contributed by atoms with E-state index >= 15 is 0 Å². The van der Waals surface area contributed by atoms with Gasteiger partial charge in [0.1, 0.15) is 0 Å². The largest absolute Gasteiger partial charge is 0.593 e. The fourth-order valence-corrected chi connectivity index (χ4v) is 2.83. The van der Waals surface area contributed by atoms with Gasteiger partial charge in [-0.3, -0.25) is 4.90 Å². The first-order valence-corrected chi connectivity index (χ1v) is 7.07. The summed E-state index contributed by atoms with van der Waals surface area (Å²) < 4.78 is 49.1. The van der Waals surface area contributed by atoms with Crippen LogP contribution in [0.1, 0.15) is 5.56 Å². The number of piperazine rings is 1. The molecule has 1 aromatic carbocycles. The Labute approximate surface area is 113 Å². The highest BCUT2D eigenvalue weighted by Gasteiger charge is 2.49. The number of hydrogen-bond donors (Lipinski definition) is 0. The summed E-state index contributed by atoms with van der Waals surface area (Å²) in [5.41, 5.74) is -3.52. The Bertz CT molecular complexity index is 394. The Hall–Kier alpha value is -0.760. The summed E-state index contributed by atoms with van der Waals surface area (Å²) in [5.74, 6) is 0. The van der Waals surface area contributed by atoms with Gasteiger partial charge < -0.3 is 4.55 Å². The topological polar surface area (TPSA) is 29.5 Å². The summed E-state index contributed by atoms with van der Waals surface area (Å²) in [7, 11) is 0. The van der Waals surface area contributed by atoms with E-state index in [0.717, 1.165) is 9.87 Å². The first-order chi connectivity index (χ1) is 8.97. The molecule has 2 rings (SSSR count). The van der Waals surface area contributed by atoms with Crippen molar-refractivity contribution in [2.75, 3.05) is 26.2 Å². The van der Waals surface area contributed by atoms with Gasteiger partial charge in [0, 0.05) is 19.6 Å². The fourth-order valence-electron chi connectivity index (χ4n) is 2.04. The third kappa shape index (κ3) is 4.10. The molecular formula is C12H15F3N2OS. The van der Waals surface area contributed by atoms with E-state index in [1.165, 1.54) is 0 Å². The van der Waals surface area contributed by atoms with Crippen LogP contribution in [-0.2, 0) is 17.9 Å². The summed E-state index contributed by atoms with van der Waals surface area (Å²) in [6, 6.07) is 9.77.